The van der Waals surface area contributed by atoms with E-state index in [1.807, 2.05) is 32.9 Å². The Kier molecular flexibility index (Phi) is 4.89. The molecule has 0 radical (unpaired) electrons. The maximum atomic E-state index is 11.3. The molecule has 1 aromatic heterocycles. The average molecular weight is 225 g/mol. The zero-order valence-electron chi connectivity index (χ0n) is 10.0. The molecule has 0 saturated heterocycles. The zero-order chi connectivity index (χ0) is 12.0. The Balaban J connectivity index is 2.20. The number of alkyl carbamates (subject to hydrolysis) is 1. The molecule has 0 aromatic carbocycles. The van der Waals surface area contributed by atoms with E-state index in [-0.39, 0.29) is 18.2 Å². The molecule has 1 heterocycles. The van der Waals surface area contributed by atoms with Crippen molar-refractivity contribution in [3.05, 3.63) is 24.2 Å². The number of carbonyl (C=O) groups excluding carboxylic acids is 1. The summed E-state index contributed by atoms with van der Waals surface area (Å²) in [7, 11) is 0. The predicted molar refractivity (Wildman–Crippen MR) is 61.2 cm³/mol. The van der Waals surface area contributed by atoms with Gasteiger partial charge in [0.05, 0.1) is 12.4 Å². The summed E-state index contributed by atoms with van der Waals surface area (Å²) in [5.74, 6) is 0.936. The van der Waals surface area contributed by atoms with Gasteiger partial charge in [-0.15, -0.1) is 0 Å². The van der Waals surface area contributed by atoms with E-state index in [4.69, 9.17) is 9.15 Å². The van der Waals surface area contributed by atoms with Crippen LogP contribution < -0.4 is 5.32 Å². The number of hydrogen-bond acceptors (Lipinski definition) is 3. The Labute approximate surface area is 96.0 Å². The third kappa shape index (κ3) is 4.87. The molecule has 0 aliphatic rings. The van der Waals surface area contributed by atoms with Crippen molar-refractivity contribution in [3.63, 3.8) is 0 Å². The minimum Gasteiger partial charge on any atom is -0.469 e. The second-order valence-electron chi connectivity index (χ2n) is 4.12. The van der Waals surface area contributed by atoms with Crippen LogP contribution in [0, 0.1) is 0 Å². The molecule has 1 rings (SSSR count). The third-order valence-electron chi connectivity index (χ3n) is 2.11. The SMILES string of the molecule is CC(CCc1ccco1)NC(=O)OC(C)C. The molecule has 0 saturated carbocycles. The Morgan fingerprint density at radius 1 is 1.50 bits per heavy atom. The van der Waals surface area contributed by atoms with Gasteiger partial charge in [0.2, 0.25) is 0 Å². The summed E-state index contributed by atoms with van der Waals surface area (Å²) < 4.78 is 10.2. The van der Waals surface area contributed by atoms with Crippen LogP contribution in [0.3, 0.4) is 0 Å². The van der Waals surface area contributed by atoms with Gasteiger partial charge in [0, 0.05) is 12.5 Å². The van der Waals surface area contributed by atoms with E-state index in [0.717, 1.165) is 18.6 Å². The van der Waals surface area contributed by atoms with Crippen LogP contribution in [0.2, 0.25) is 0 Å². The molecule has 4 nitrogen and oxygen atoms in total. The van der Waals surface area contributed by atoms with Crippen LogP contribution in [-0.2, 0) is 11.2 Å². The smallest absolute Gasteiger partial charge is 0.407 e. The van der Waals surface area contributed by atoms with E-state index in [0.29, 0.717) is 0 Å². The fourth-order valence-corrected chi connectivity index (χ4v) is 1.34. The summed E-state index contributed by atoms with van der Waals surface area (Å²) in [6.45, 7) is 5.60. The molecule has 90 valence electrons. The van der Waals surface area contributed by atoms with Gasteiger partial charge >= 0.3 is 6.09 Å². The number of nitrogens with one attached hydrogen (secondary N) is 1. The van der Waals surface area contributed by atoms with Crippen molar-refractivity contribution in [2.24, 2.45) is 0 Å². The highest BCUT2D eigenvalue weighted by atomic mass is 16.6. The Morgan fingerprint density at radius 2 is 2.25 bits per heavy atom. The number of carbonyl (C=O) groups is 1. The van der Waals surface area contributed by atoms with Crippen LogP contribution in [0.15, 0.2) is 22.8 Å². The van der Waals surface area contributed by atoms with Crippen molar-refractivity contribution in [1.82, 2.24) is 5.32 Å². The van der Waals surface area contributed by atoms with Crippen LogP contribution in [-0.4, -0.2) is 18.2 Å². The molecule has 16 heavy (non-hydrogen) atoms. The number of aryl methyl sites for hydroxylation is 1. The van der Waals surface area contributed by atoms with Gasteiger partial charge in [0.15, 0.2) is 0 Å². The van der Waals surface area contributed by atoms with Gasteiger partial charge in [-0.3, -0.25) is 0 Å². The number of ether oxygens (including phenoxy) is 1. The highest BCUT2D eigenvalue weighted by molar-refractivity contribution is 5.67. The molecule has 1 amide bonds. The number of rotatable bonds is 5. The first kappa shape index (κ1) is 12.6. The van der Waals surface area contributed by atoms with Gasteiger partial charge in [-0.25, -0.2) is 4.79 Å². The van der Waals surface area contributed by atoms with Crippen molar-refractivity contribution in [2.45, 2.75) is 45.8 Å². The molecular formula is C12H19NO3. The standard InChI is InChI=1S/C12H19NO3/c1-9(2)16-12(14)13-10(3)6-7-11-5-4-8-15-11/h4-5,8-10H,6-7H2,1-3H3,(H,13,14). The van der Waals surface area contributed by atoms with Gasteiger partial charge < -0.3 is 14.5 Å². The molecule has 4 heteroatoms. The lowest BCUT2D eigenvalue weighted by atomic mass is 10.1. The quantitative estimate of drug-likeness (QED) is 0.838. The maximum absolute atomic E-state index is 11.3. The van der Waals surface area contributed by atoms with E-state index in [1.54, 1.807) is 6.26 Å². The van der Waals surface area contributed by atoms with Crippen LogP contribution in [0.25, 0.3) is 0 Å². The zero-order valence-corrected chi connectivity index (χ0v) is 10.0. The Bertz CT molecular complexity index is 306. The van der Waals surface area contributed by atoms with Crippen molar-refractivity contribution < 1.29 is 13.9 Å². The van der Waals surface area contributed by atoms with E-state index >= 15 is 0 Å². The van der Waals surface area contributed by atoms with E-state index in [1.165, 1.54) is 0 Å². The van der Waals surface area contributed by atoms with Crippen molar-refractivity contribution in [2.75, 3.05) is 0 Å². The molecule has 0 aliphatic carbocycles. The summed E-state index contributed by atoms with van der Waals surface area (Å²) in [6, 6.07) is 3.87. The van der Waals surface area contributed by atoms with Gasteiger partial charge in [0.1, 0.15) is 5.76 Å². The molecular weight excluding hydrogens is 206 g/mol. The molecule has 1 aromatic rings. The lowest BCUT2D eigenvalue weighted by Gasteiger charge is -2.14. The second-order valence-corrected chi connectivity index (χ2v) is 4.12. The molecule has 1 atom stereocenters. The fourth-order valence-electron chi connectivity index (χ4n) is 1.34. The number of hydrogen-bond donors (Lipinski definition) is 1. The Morgan fingerprint density at radius 3 is 2.81 bits per heavy atom. The van der Waals surface area contributed by atoms with Crippen LogP contribution in [0.5, 0.6) is 0 Å². The Hall–Kier alpha value is -1.45. The molecule has 0 fully saturated rings. The summed E-state index contributed by atoms with van der Waals surface area (Å²) in [5, 5.41) is 2.77. The first-order valence-corrected chi connectivity index (χ1v) is 5.57. The van der Waals surface area contributed by atoms with Crippen LogP contribution in [0.1, 0.15) is 33.0 Å². The lowest BCUT2D eigenvalue weighted by Crippen LogP contribution is -2.34. The lowest BCUT2D eigenvalue weighted by molar-refractivity contribution is 0.112. The van der Waals surface area contributed by atoms with Gasteiger partial charge in [-0.05, 0) is 39.3 Å². The first-order valence-electron chi connectivity index (χ1n) is 5.57. The monoisotopic (exact) mass is 225 g/mol. The van der Waals surface area contributed by atoms with E-state index < -0.39 is 0 Å². The molecule has 0 bridgehead atoms. The highest BCUT2D eigenvalue weighted by Gasteiger charge is 2.10. The molecule has 0 aliphatic heterocycles. The average Bonchev–Trinajstić information content (AvgIpc) is 2.65. The summed E-state index contributed by atoms with van der Waals surface area (Å²) in [5.41, 5.74) is 0. The first-order chi connectivity index (χ1) is 7.58. The predicted octanol–water partition coefficient (Wildman–Crippen LogP) is 2.74. The minimum atomic E-state index is -0.359. The summed E-state index contributed by atoms with van der Waals surface area (Å²) in [6.07, 6.45) is 2.86. The molecule has 0 spiro atoms. The molecule has 1 unspecified atom stereocenters. The van der Waals surface area contributed by atoms with Gasteiger partial charge in [0.25, 0.3) is 0 Å². The summed E-state index contributed by atoms with van der Waals surface area (Å²) in [4.78, 5) is 11.3. The second kappa shape index (κ2) is 6.20. The third-order valence-corrected chi connectivity index (χ3v) is 2.11. The molecule has 1 N–H and O–H groups in total. The number of furan rings is 1. The van der Waals surface area contributed by atoms with Crippen molar-refractivity contribution in [3.8, 4) is 0 Å². The van der Waals surface area contributed by atoms with Crippen LogP contribution in [0.4, 0.5) is 4.79 Å². The highest BCUT2D eigenvalue weighted by Crippen LogP contribution is 2.05. The topological polar surface area (TPSA) is 51.5 Å². The van der Waals surface area contributed by atoms with Crippen molar-refractivity contribution >= 4 is 6.09 Å². The van der Waals surface area contributed by atoms with Gasteiger partial charge in [-0.2, -0.15) is 0 Å². The normalized spacial score (nSPS) is 12.5. The number of amides is 1. The maximum Gasteiger partial charge on any atom is 0.407 e. The summed E-state index contributed by atoms with van der Waals surface area (Å²) >= 11 is 0. The van der Waals surface area contributed by atoms with Crippen LogP contribution >= 0.6 is 0 Å². The fraction of sp³-hybridized carbons (Fsp3) is 0.583. The van der Waals surface area contributed by atoms with Crippen molar-refractivity contribution in [1.29, 1.82) is 0 Å². The van der Waals surface area contributed by atoms with E-state index in [9.17, 15) is 4.79 Å². The van der Waals surface area contributed by atoms with Gasteiger partial charge in [-0.1, -0.05) is 0 Å². The largest absolute Gasteiger partial charge is 0.469 e. The van der Waals surface area contributed by atoms with E-state index in [2.05, 4.69) is 5.32 Å². The minimum absolute atomic E-state index is 0.0800.